The molecule has 0 unspecified atom stereocenters. The number of rotatable bonds is 5. The number of aromatic amines is 1. The van der Waals surface area contributed by atoms with Gasteiger partial charge in [0, 0.05) is 0 Å². The highest BCUT2D eigenvalue weighted by Gasteiger charge is 2.21. The van der Waals surface area contributed by atoms with Crippen LogP contribution in [0.1, 0.15) is 25.8 Å². The molecule has 0 bridgehead atoms. The molecule has 3 aromatic rings. The Morgan fingerprint density at radius 3 is 2.54 bits per heavy atom. The summed E-state index contributed by atoms with van der Waals surface area (Å²) in [5.41, 5.74) is 0.217. The summed E-state index contributed by atoms with van der Waals surface area (Å²) in [6, 6.07) is 12.2. The van der Waals surface area contributed by atoms with Crippen molar-refractivity contribution in [3.8, 4) is 5.75 Å². The molecule has 3 rings (SSSR count). The minimum absolute atomic E-state index is 0.246. The number of fused-ring (bicyclic) bond motifs is 1. The summed E-state index contributed by atoms with van der Waals surface area (Å²) < 4.78 is 23.7. The van der Waals surface area contributed by atoms with Crippen LogP contribution in [0.3, 0.4) is 0 Å². The van der Waals surface area contributed by atoms with Crippen molar-refractivity contribution in [2.24, 2.45) is 0 Å². The van der Waals surface area contributed by atoms with Crippen LogP contribution in [0.2, 0.25) is 0 Å². The maximum absolute atomic E-state index is 12.9. The zero-order chi connectivity index (χ0) is 18.7. The van der Waals surface area contributed by atoms with E-state index in [2.05, 4.69) is 9.97 Å². The van der Waals surface area contributed by atoms with Gasteiger partial charge < -0.3 is 14.5 Å². The third kappa shape index (κ3) is 3.88. The Hall–Kier alpha value is -3.22. The molecule has 0 saturated carbocycles. The summed E-state index contributed by atoms with van der Waals surface area (Å²) >= 11 is 0. The Balaban J connectivity index is 1.70. The maximum Gasteiger partial charge on any atom is 0.347 e. The van der Waals surface area contributed by atoms with E-state index in [0.29, 0.717) is 16.7 Å². The Morgan fingerprint density at radius 1 is 1.12 bits per heavy atom. The van der Waals surface area contributed by atoms with Crippen LogP contribution in [0, 0.1) is 5.82 Å². The fourth-order valence-corrected chi connectivity index (χ4v) is 2.39. The lowest BCUT2D eigenvalue weighted by Crippen LogP contribution is -2.28. The third-order valence-corrected chi connectivity index (χ3v) is 3.77. The first-order chi connectivity index (χ1) is 12.4. The summed E-state index contributed by atoms with van der Waals surface area (Å²) in [6.45, 7) is 3.13. The number of carbonyl (C=O) groups excluding carboxylic acids is 1. The zero-order valence-electron chi connectivity index (χ0n) is 14.2. The van der Waals surface area contributed by atoms with Gasteiger partial charge in [-0.2, -0.15) is 0 Å². The van der Waals surface area contributed by atoms with E-state index in [1.165, 1.54) is 31.2 Å². The zero-order valence-corrected chi connectivity index (χ0v) is 14.2. The highest BCUT2D eigenvalue weighted by atomic mass is 19.1. The lowest BCUT2D eigenvalue weighted by Gasteiger charge is -2.17. The second-order valence-corrected chi connectivity index (χ2v) is 5.76. The molecule has 0 radical (unpaired) electrons. The maximum atomic E-state index is 12.9. The standard InChI is InChI=1S/C19H17FN2O4/c1-11(17-21-16-6-4-3-5-15(16)18(23)22-17)26-19(24)12(2)25-14-9-7-13(20)8-10-14/h3-12H,1-2H3,(H,21,22,23)/t11-,12-/m1/s1. The number of H-pyrrole nitrogens is 1. The minimum Gasteiger partial charge on any atom is -0.479 e. The molecule has 134 valence electrons. The van der Waals surface area contributed by atoms with Crippen molar-refractivity contribution in [3.63, 3.8) is 0 Å². The van der Waals surface area contributed by atoms with Crippen LogP contribution in [0.5, 0.6) is 5.75 Å². The number of benzene rings is 2. The van der Waals surface area contributed by atoms with Gasteiger partial charge in [-0.05, 0) is 50.2 Å². The number of nitrogens with one attached hydrogen (secondary N) is 1. The molecular formula is C19H17FN2O4. The van der Waals surface area contributed by atoms with Crippen LogP contribution in [0.4, 0.5) is 4.39 Å². The van der Waals surface area contributed by atoms with Crippen LogP contribution < -0.4 is 10.3 Å². The lowest BCUT2D eigenvalue weighted by atomic mass is 10.2. The van der Waals surface area contributed by atoms with E-state index in [-0.39, 0.29) is 11.4 Å². The van der Waals surface area contributed by atoms with Gasteiger partial charge in [0.2, 0.25) is 0 Å². The smallest absolute Gasteiger partial charge is 0.347 e. The molecule has 0 saturated heterocycles. The predicted octanol–water partition coefficient (Wildman–Crippen LogP) is 3.13. The first kappa shape index (κ1) is 17.6. The molecule has 0 aliphatic carbocycles. The molecule has 1 N–H and O–H groups in total. The second-order valence-electron chi connectivity index (χ2n) is 5.76. The molecule has 1 aromatic heterocycles. The van der Waals surface area contributed by atoms with Crippen molar-refractivity contribution in [3.05, 3.63) is 70.5 Å². The summed E-state index contributed by atoms with van der Waals surface area (Å²) in [5.74, 6) is -0.429. The van der Waals surface area contributed by atoms with E-state index in [0.717, 1.165) is 0 Å². The van der Waals surface area contributed by atoms with Gasteiger partial charge in [0.05, 0.1) is 10.9 Å². The van der Waals surface area contributed by atoms with Gasteiger partial charge >= 0.3 is 5.97 Å². The van der Waals surface area contributed by atoms with Gasteiger partial charge in [-0.3, -0.25) is 4.79 Å². The number of nitrogens with zero attached hydrogens (tertiary/aromatic N) is 1. The highest BCUT2D eigenvalue weighted by molar-refractivity contribution is 5.77. The van der Waals surface area contributed by atoms with Crippen LogP contribution in [-0.2, 0) is 9.53 Å². The normalized spacial score (nSPS) is 13.2. The first-order valence-electron chi connectivity index (χ1n) is 8.05. The van der Waals surface area contributed by atoms with Gasteiger partial charge in [-0.15, -0.1) is 0 Å². The molecule has 1 heterocycles. The van der Waals surface area contributed by atoms with E-state index >= 15 is 0 Å². The molecular weight excluding hydrogens is 339 g/mol. The van der Waals surface area contributed by atoms with Crippen molar-refractivity contribution < 1.29 is 18.7 Å². The SMILES string of the molecule is C[C@@H](Oc1ccc(F)cc1)C(=O)O[C@H](C)c1nc2ccccc2c(=O)[nH]1. The number of hydrogen-bond acceptors (Lipinski definition) is 5. The molecule has 26 heavy (non-hydrogen) atoms. The van der Waals surface area contributed by atoms with Gasteiger partial charge in [-0.1, -0.05) is 12.1 Å². The van der Waals surface area contributed by atoms with Gasteiger partial charge in [-0.25, -0.2) is 14.2 Å². The second kappa shape index (κ2) is 7.35. The molecule has 0 spiro atoms. The summed E-state index contributed by atoms with van der Waals surface area (Å²) in [5, 5.41) is 0.461. The average molecular weight is 356 g/mol. The van der Waals surface area contributed by atoms with E-state index < -0.39 is 24.0 Å². The highest BCUT2D eigenvalue weighted by Crippen LogP contribution is 2.17. The van der Waals surface area contributed by atoms with E-state index in [1.54, 1.807) is 31.2 Å². The number of hydrogen-bond donors (Lipinski definition) is 1. The largest absolute Gasteiger partial charge is 0.479 e. The quantitative estimate of drug-likeness (QED) is 0.710. The summed E-state index contributed by atoms with van der Waals surface area (Å²) in [6.07, 6.45) is -1.67. The minimum atomic E-state index is -0.907. The number of para-hydroxylation sites is 1. The molecule has 6 nitrogen and oxygen atoms in total. The van der Waals surface area contributed by atoms with Crippen molar-refractivity contribution in [1.82, 2.24) is 9.97 Å². The Labute approximate surface area is 148 Å². The Bertz CT molecular complexity index is 985. The summed E-state index contributed by atoms with van der Waals surface area (Å²) in [7, 11) is 0. The monoisotopic (exact) mass is 356 g/mol. The van der Waals surface area contributed by atoms with Gasteiger partial charge in [0.25, 0.3) is 5.56 Å². The van der Waals surface area contributed by atoms with Crippen molar-refractivity contribution in [2.45, 2.75) is 26.1 Å². The topological polar surface area (TPSA) is 81.3 Å². The van der Waals surface area contributed by atoms with Crippen LogP contribution in [0.25, 0.3) is 10.9 Å². The summed E-state index contributed by atoms with van der Waals surface area (Å²) in [4.78, 5) is 31.3. The fraction of sp³-hybridized carbons (Fsp3) is 0.211. The van der Waals surface area contributed by atoms with Crippen molar-refractivity contribution in [2.75, 3.05) is 0 Å². The molecule has 2 atom stereocenters. The number of esters is 1. The number of halogens is 1. The third-order valence-electron chi connectivity index (χ3n) is 3.77. The van der Waals surface area contributed by atoms with Crippen LogP contribution in [0.15, 0.2) is 53.3 Å². The lowest BCUT2D eigenvalue weighted by molar-refractivity contribution is -0.156. The molecule has 0 aliphatic heterocycles. The van der Waals surface area contributed by atoms with Gasteiger partial charge in [0.15, 0.2) is 18.0 Å². The average Bonchev–Trinajstić information content (AvgIpc) is 2.63. The predicted molar refractivity (Wildman–Crippen MR) is 93.4 cm³/mol. The fourth-order valence-electron chi connectivity index (χ4n) is 2.39. The molecule has 0 amide bonds. The number of ether oxygens (including phenoxy) is 2. The number of aromatic nitrogens is 2. The van der Waals surface area contributed by atoms with Crippen molar-refractivity contribution >= 4 is 16.9 Å². The number of carbonyl (C=O) groups is 1. The van der Waals surface area contributed by atoms with Crippen LogP contribution >= 0.6 is 0 Å². The van der Waals surface area contributed by atoms with Crippen LogP contribution in [-0.4, -0.2) is 22.0 Å². The molecule has 0 fully saturated rings. The van der Waals surface area contributed by atoms with E-state index in [4.69, 9.17) is 9.47 Å². The van der Waals surface area contributed by atoms with E-state index in [9.17, 15) is 14.0 Å². The van der Waals surface area contributed by atoms with Crippen molar-refractivity contribution in [1.29, 1.82) is 0 Å². The molecule has 2 aromatic carbocycles. The Kier molecular flexibility index (Phi) is 4.97. The molecule has 7 heteroatoms. The Morgan fingerprint density at radius 2 is 1.81 bits per heavy atom. The van der Waals surface area contributed by atoms with Gasteiger partial charge in [0.1, 0.15) is 11.6 Å². The molecule has 0 aliphatic rings. The first-order valence-corrected chi connectivity index (χ1v) is 8.05. The van der Waals surface area contributed by atoms with E-state index in [1.807, 2.05) is 0 Å².